The third kappa shape index (κ3) is 12.3. The molecule has 0 aliphatic carbocycles. The van der Waals surface area contributed by atoms with E-state index in [4.69, 9.17) is 4.74 Å². The zero-order valence-electron chi connectivity index (χ0n) is 14.2. The second-order valence-corrected chi connectivity index (χ2v) is 5.92. The van der Waals surface area contributed by atoms with Crippen molar-refractivity contribution in [2.75, 3.05) is 27.3 Å². The highest BCUT2D eigenvalue weighted by Crippen LogP contribution is 2.08. The minimum Gasteiger partial charge on any atom is -0.385 e. The Morgan fingerprint density at radius 2 is 1.80 bits per heavy atom. The lowest BCUT2D eigenvalue weighted by atomic mass is 10.0. The smallest absolute Gasteiger partial charge is 0.191 e. The summed E-state index contributed by atoms with van der Waals surface area (Å²) in [7, 11) is 3.59. The Bertz CT molecular complexity index is 242. The SMILES string of the molecule is CN=C(NCCCCCOC)NC(C)CCCC(C)C. The molecule has 0 aromatic carbocycles. The van der Waals surface area contributed by atoms with Crippen molar-refractivity contribution in [2.24, 2.45) is 10.9 Å². The van der Waals surface area contributed by atoms with Gasteiger partial charge in [0.2, 0.25) is 0 Å². The predicted molar refractivity (Wildman–Crippen MR) is 88.4 cm³/mol. The van der Waals surface area contributed by atoms with Gasteiger partial charge in [0.05, 0.1) is 0 Å². The van der Waals surface area contributed by atoms with Crippen molar-refractivity contribution in [3.05, 3.63) is 0 Å². The molecule has 120 valence electrons. The number of nitrogens with zero attached hydrogens (tertiary/aromatic N) is 1. The number of guanidine groups is 1. The van der Waals surface area contributed by atoms with Crippen LogP contribution in [0.1, 0.15) is 59.3 Å². The van der Waals surface area contributed by atoms with E-state index in [-0.39, 0.29) is 0 Å². The number of aliphatic imine (C=N–C) groups is 1. The monoisotopic (exact) mass is 285 g/mol. The minimum absolute atomic E-state index is 0.480. The molecule has 0 saturated heterocycles. The van der Waals surface area contributed by atoms with Gasteiger partial charge >= 0.3 is 0 Å². The molecule has 2 N–H and O–H groups in total. The first-order valence-corrected chi connectivity index (χ1v) is 8.06. The third-order valence-corrected chi connectivity index (χ3v) is 3.34. The summed E-state index contributed by atoms with van der Waals surface area (Å²) >= 11 is 0. The van der Waals surface area contributed by atoms with Crippen molar-refractivity contribution >= 4 is 5.96 Å². The molecule has 1 unspecified atom stereocenters. The first-order valence-electron chi connectivity index (χ1n) is 8.06. The first-order chi connectivity index (χ1) is 9.60. The van der Waals surface area contributed by atoms with E-state index in [2.05, 4.69) is 36.4 Å². The van der Waals surface area contributed by atoms with Gasteiger partial charge in [-0.3, -0.25) is 4.99 Å². The molecule has 0 bridgehead atoms. The molecule has 0 amide bonds. The summed E-state index contributed by atoms with van der Waals surface area (Å²) in [5, 5.41) is 6.83. The van der Waals surface area contributed by atoms with Gasteiger partial charge in [0.1, 0.15) is 0 Å². The van der Waals surface area contributed by atoms with Crippen LogP contribution in [0.2, 0.25) is 0 Å². The van der Waals surface area contributed by atoms with Crippen LogP contribution >= 0.6 is 0 Å². The molecule has 0 aromatic heterocycles. The highest BCUT2D eigenvalue weighted by atomic mass is 16.5. The van der Waals surface area contributed by atoms with Gasteiger partial charge in [-0.2, -0.15) is 0 Å². The standard InChI is InChI=1S/C16H35N3O/c1-14(2)10-9-11-15(3)19-16(17-4)18-12-7-6-8-13-20-5/h14-15H,6-13H2,1-5H3,(H2,17,18,19). The number of hydrogen-bond donors (Lipinski definition) is 2. The van der Waals surface area contributed by atoms with Gasteiger partial charge < -0.3 is 15.4 Å². The summed E-state index contributed by atoms with van der Waals surface area (Å²) < 4.78 is 5.04. The van der Waals surface area contributed by atoms with Gasteiger partial charge in [0, 0.05) is 33.4 Å². The lowest BCUT2D eigenvalue weighted by Gasteiger charge is -2.18. The molecule has 0 rings (SSSR count). The van der Waals surface area contributed by atoms with E-state index < -0.39 is 0 Å². The first kappa shape index (κ1) is 19.2. The number of unbranched alkanes of at least 4 members (excludes halogenated alkanes) is 2. The van der Waals surface area contributed by atoms with Crippen LogP contribution in [0, 0.1) is 5.92 Å². The number of rotatable bonds is 11. The molecular weight excluding hydrogens is 250 g/mol. The zero-order valence-corrected chi connectivity index (χ0v) is 14.2. The number of ether oxygens (including phenoxy) is 1. The summed E-state index contributed by atoms with van der Waals surface area (Å²) in [6.45, 7) is 8.62. The van der Waals surface area contributed by atoms with Gasteiger partial charge in [-0.1, -0.05) is 26.7 Å². The van der Waals surface area contributed by atoms with E-state index in [0.717, 1.165) is 37.9 Å². The largest absolute Gasteiger partial charge is 0.385 e. The summed E-state index contributed by atoms with van der Waals surface area (Å²) in [5.41, 5.74) is 0. The van der Waals surface area contributed by atoms with Crippen molar-refractivity contribution in [1.82, 2.24) is 10.6 Å². The van der Waals surface area contributed by atoms with E-state index >= 15 is 0 Å². The maximum atomic E-state index is 5.04. The van der Waals surface area contributed by atoms with Gasteiger partial charge in [0.25, 0.3) is 0 Å². The second-order valence-electron chi connectivity index (χ2n) is 5.92. The van der Waals surface area contributed by atoms with Crippen LogP contribution in [0.4, 0.5) is 0 Å². The maximum Gasteiger partial charge on any atom is 0.191 e. The van der Waals surface area contributed by atoms with Crippen LogP contribution in [0.15, 0.2) is 4.99 Å². The van der Waals surface area contributed by atoms with Crippen molar-refractivity contribution < 1.29 is 4.74 Å². The summed E-state index contributed by atoms with van der Waals surface area (Å²) in [5.74, 6) is 1.72. The molecular formula is C16H35N3O. The lowest BCUT2D eigenvalue weighted by Crippen LogP contribution is -2.42. The van der Waals surface area contributed by atoms with Crippen LogP contribution in [-0.2, 0) is 4.74 Å². The molecule has 0 spiro atoms. The Balaban J connectivity index is 3.64. The van der Waals surface area contributed by atoms with Gasteiger partial charge in [0.15, 0.2) is 5.96 Å². The Morgan fingerprint density at radius 1 is 1.05 bits per heavy atom. The predicted octanol–water partition coefficient (Wildman–Crippen LogP) is 3.18. The van der Waals surface area contributed by atoms with Crippen molar-refractivity contribution in [3.8, 4) is 0 Å². The molecule has 0 fully saturated rings. The van der Waals surface area contributed by atoms with Gasteiger partial charge in [-0.25, -0.2) is 0 Å². The summed E-state index contributed by atoms with van der Waals surface area (Å²) in [4.78, 5) is 4.27. The Labute approximate surface area is 125 Å². The highest BCUT2D eigenvalue weighted by molar-refractivity contribution is 5.79. The molecule has 4 nitrogen and oxygen atoms in total. The molecule has 1 atom stereocenters. The summed E-state index contributed by atoms with van der Waals surface area (Å²) in [6.07, 6.45) is 7.27. The van der Waals surface area contributed by atoms with E-state index in [1.54, 1.807) is 7.11 Å². The zero-order chi connectivity index (χ0) is 15.2. The fraction of sp³-hybridized carbons (Fsp3) is 0.938. The second kappa shape index (κ2) is 13.2. The van der Waals surface area contributed by atoms with Crippen LogP contribution in [-0.4, -0.2) is 39.3 Å². The molecule has 0 aliphatic rings. The molecule has 0 heterocycles. The minimum atomic E-state index is 0.480. The highest BCUT2D eigenvalue weighted by Gasteiger charge is 2.05. The van der Waals surface area contributed by atoms with Crippen molar-refractivity contribution in [2.45, 2.75) is 65.3 Å². The molecule has 0 radical (unpaired) electrons. The van der Waals surface area contributed by atoms with E-state index in [1.165, 1.54) is 25.7 Å². The fourth-order valence-corrected chi connectivity index (χ4v) is 2.09. The number of hydrogen-bond acceptors (Lipinski definition) is 2. The van der Waals surface area contributed by atoms with Crippen molar-refractivity contribution in [1.29, 1.82) is 0 Å². The Kier molecular flexibility index (Phi) is 12.7. The van der Waals surface area contributed by atoms with Gasteiger partial charge in [-0.05, 0) is 38.5 Å². The van der Waals surface area contributed by atoms with Crippen molar-refractivity contribution in [3.63, 3.8) is 0 Å². The molecule has 0 saturated carbocycles. The van der Waals surface area contributed by atoms with E-state index in [9.17, 15) is 0 Å². The number of methoxy groups -OCH3 is 1. The quantitative estimate of drug-likeness (QED) is 0.348. The van der Waals surface area contributed by atoms with E-state index in [0.29, 0.717) is 6.04 Å². The maximum absolute atomic E-state index is 5.04. The van der Waals surface area contributed by atoms with E-state index in [1.807, 2.05) is 7.05 Å². The average Bonchev–Trinajstić information content (AvgIpc) is 2.40. The normalized spacial score (nSPS) is 13.6. The molecule has 0 aliphatic heterocycles. The van der Waals surface area contributed by atoms with Crippen LogP contribution < -0.4 is 10.6 Å². The van der Waals surface area contributed by atoms with Gasteiger partial charge in [-0.15, -0.1) is 0 Å². The lowest BCUT2D eigenvalue weighted by molar-refractivity contribution is 0.192. The molecule has 4 heteroatoms. The van der Waals surface area contributed by atoms with Crippen LogP contribution in [0.25, 0.3) is 0 Å². The fourth-order valence-electron chi connectivity index (χ4n) is 2.09. The average molecular weight is 285 g/mol. The van der Waals surface area contributed by atoms with Crippen LogP contribution in [0.3, 0.4) is 0 Å². The molecule has 20 heavy (non-hydrogen) atoms. The topological polar surface area (TPSA) is 45.7 Å². The summed E-state index contributed by atoms with van der Waals surface area (Å²) in [6, 6.07) is 0.480. The number of nitrogens with one attached hydrogen (secondary N) is 2. The Morgan fingerprint density at radius 3 is 2.40 bits per heavy atom. The van der Waals surface area contributed by atoms with Crippen LogP contribution in [0.5, 0.6) is 0 Å². The molecule has 0 aromatic rings. The third-order valence-electron chi connectivity index (χ3n) is 3.34. The Hall–Kier alpha value is -0.770.